The molecule has 1 aliphatic rings. The highest BCUT2D eigenvalue weighted by atomic mass is 32.2. The number of nitrogens with one attached hydrogen (secondary N) is 3. The van der Waals surface area contributed by atoms with Gasteiger partial charge in [0.1, 0.15) is 0 Å². The third-order valence-corrected chi connectivity index (χ3v) is 10.8. The summed E-state index contributed by atoms with van der Waals surface area (Å²) in [6, 6.07) is 39.1. The van der Waals surface area contributed by atoms with Crippen LogP contribution in [0.1, 0.15) is 80.1 Å². The molecule has 0 unspecified atom stereocenters. The van der Waals surface area contributed by atoms with Gasteiger partial charge in [-0.2, -0.15) is 0 Å². The van der Waals surface area contributed by atoms with Crippen LogP contribution in [0, 0.1) is 0 Å². The Kier molecular flexibility index (Phi) is 14.9. The van der Waals surface area contributed by atoms with Crippen LogP contribution in [0.5, 0.6) is 0 Å². The Morgan fingerprint density at radius 2 is 1.46 bits per heavy atom. The van der Waals surface area contributed by atoms with E-state index >= 15 is 0 Å². The number of ether oxygens (including phenoxy) is 2. The van der Waals surface area contributed by atoms with E-state index in [1.807, 2.05) is 84.9 Å². The summed E-state index contributed by atoms with van der Waals surface area (Å²) in [6.45, 7) is 1.88. The minimum absolute atomic E-state index is 0.0204. The van der Waals surface area contributed by atoms with Crippen LogP contribution in [0.2, 0.25) is 0 Å². The van der Waals surface area contributed by atoms with Gasteiger partial charge in [-0.15, -0.1) is 11.8 Å². The molecular weight excluding hydrogens is 737 g/mol. The molecule has 0 spiro atoms. The second kappa shape index (κ2) is 20.6. The Bertz CT molecular complexity index is 2110. The number of aliphatic hydroxyl groups excluding tert-OH is 1. The van der Waals surface area contributed by atoms with Crippen molar-refractivity contribution in [2.75, 3.05) is 22.1 Å². The molecule has 0 aliphatic carbocycles. The molecule has 1 aliphatic heterocycles. The van der Waals surface area contributed by atoms with Crippen LogP contribution in [-0.2, 0) is 37.0 Å². The fourth-order valence-corrected chi connectivity index (χ4v) is 7.56. The first-order chi connectivity index (χ1) is 27.7. The number of nitrogens with two attached hydrogens (primary N) is 1. The molecule has 10 nitrogen and oxygen atoms in total. The van der Waals surface area contributed by atoms with E-state index in [0.29, 0.717) is 55.8 Å². The molecule has 0 radical (unpaired) electrons. The molecule has 11 heteroatoms. The number of carbonyl (C=O) groups is 3. The van der Waals surface area contributed by atoms with Crippen molar-refractivity contribution in [3.63, 3.8) is 0 Å². The van der Waals surface area contributed by atoms with Crippen LogP contribution in [0.15, 0.2) is 126 Å². The lowest BCUT2D eigenvalue weighted by atomic mass is 9.99. The van der Waals surface area contributed by atoms with Gasteiger partial charge in [-0.05, 0) is 89.2 Å². The number of hydrogen-bond acceptors (Lipinski definition) is 8. The second-order valence-electron chi connectivity index (χ2n) is 14.2. The zero-order chi connectivity index (χ0) is 40.0. The van der Waals surface area contributed by atoms with Crippen molar-refractivity contribution >= 4 is 46.5 Å². The number of carbonyl (C=O) groups excluding carboxylic acids is 3. The van der Waals surface area contributed by atoms with Crippen molar-refractivity contribution in [1.29, 1.82) is 0 Å². The van der Waals surface area contributed by atoms with E-state index in [1.54, 1.807) is 23.9 Å². The lowest BCUT2D eigenvalue weighted by Gasteiger charge is -2.36. The predicted octanol–water partition coefficient (Wildman–Crippen LogP) is 8.93. The van der Waals surface area contributed by atoms with Gasteiger partial charge in [0.15, 0.2) is 6.29 Å². The molecule has 0 bridgehead atoms. The standard InChI is InChI=1S/C46H50N4O6S/c1-31(52)49-38-21-23-40(24-22-38)57-30-39-27-43(34-19-17-32(29-51)18-20-34)56-46(55-39)37-12-8-11-36(26-37)35-10-7-9-33(25-35)28-48-44(53)15-3-2-4-16-45(54)50-42-14-6-5-13-41(42)47/h5-14,17-26,39,43,46,51H,2-4,15-16,27-30,47H2,1H3,(H,48,53)(H,49,52)(H,50,54)/t39-,43+,46+/m0/s1. The van der Waals surface area contributed by atoms with Crippen LogP contribution in [-0.4, -0.2) is 34.7 Å². The number of aliphatic hydroxyl groups is 1. The van der Waals surface area contributed by atoms with Crippen molar-refractivity contribution in [2.45, 2.75) is 82.0 Å². The van der Waals surface area contributed by atoms with Gasteiger partial charge < -0.3 is 36.3 Å². The van der Waals surface area contributed by atoms with E-state index in [-0.39, 0.29) is 36.5 Å². The summed E-state index contributed by atoms with van der Waals surface area (Å²) in [5.41, 5.74) is 13.6. The van der Waals surface area contributed by atoms with E-state index in [2.05, 4.69) is 40.2 Å². The largest absolute Gasteiger partial charge is 0.397 e. The lowest BCUT2D eigenvalue weighted by Crippen LogP contribution is -2.31. The number of unbranched alkanes of at least 4 members (excludes halogenated alkanes) is 2. The van der Waals surface area contributed by atoms with E-state index < -0.39 is 6.29 Å². The number of hydrogen-bond donors (Lipinski definition) is 5. The zero-order valence-electron chi connectivity index (χ0n) is 32.1. The minimum atomic E-state index is -0.603. The summed E-state index contributed by atoms with van der Waals surface area (Å²) in [5, 5.41) is 18.3. The summed E-state index contributed by atoms with van der Waals surface area (Å²) < 4.78 is 13.3. The van der Waals surface area contributed by atoms with E-state index in [0.717, 1.165) is 50.4 Å². The van der Waals surface area contributed by atoms with E-state index in [4.69, 9.17) is 15.2 Å². The van der Waals surface area contributed by atoms with Crippen LogP contribution < -0.4 is 21.7 Å². The fraction of sp³-hybridized carbons (Fsp3) is 0.283. The maximum atomic E-state index is 12.7. The first-order valence-corrected chi connectivity index (χ1v) is 20.3. The van der Waals surface area contributed by atoms with Gasteiger partial charge in [0.2, 0.25) is 17.7 Å². The Morgan fingerprint density at radius 1 is 0.737 bits per heavy atom. The van der Waals surface area contributed by atoms with Crippen LogP contribution in [0.25, 0.3) is 11.1 Å². The average Bonchev–Trinajstić information content (AvgIpc) is 3.23. The Morgan fingerprint density at radius 3 is 2.19 bits per heavy atom. The average molecular weight is 787 g/mol. The van der Waals surface area contributed by atoms with Crippen molar-refractivity contribution in [1.82, 2.24) is 5.32 Å². The summed E-state index contributed by atoms with van der Waals surface area (Å²) in [6.07, 6.45) is 2.68. The van der Waals surface area contributed by atoms with E-state index in [9.17, 15) is 19.5 Å². The van der Waals surface area contributed by atoms with Crippen molar-refractivity contribution < 1.29 is 29.0 Å². The maximum absolute atomic E-state index is 12.7. The third kappa shape index (κ3) is 12.5. The van der Waals surface area contributed by atoms with Gasteiger partial charge in [-0.1, -0.05) is 79.2 Å². The SMILES string of the molecule is CC(=O)Nc1ccc(SC[C@@H]2C[C@H](c3ccc(CO)cc3)O[C@H](c3cccc(-c4cccc(CNC(=O)CCCCCC(=O)Nc5ccccc5N)c4)c3)O2)cc1. The molecule has 6 rings (SSSR count). The molecule has 1 fully saturated rings. The topological polar surface area (TPSA) is 152 Å². The molecule has 3 amide bonds. The van der Waals surface area contributed by atoms with Crippen LogP contribution in [0.4, 0.5) is 17.1 Å². The fourth-order valence-electron chi connectivity index (χ4n) is 6.64. The van der Waals surface area contributed by atoms with Gasteiger partial charge in [0, 0.05) is 54.6 Å². The highest BCUT2D eigenvalue weighted by Gasteiger charge is 2.32. The second-order valence-corrected chi connectivity index (χ2v) is 15.3. The maximum Gasteiger partial charge on any atom is 0.224 e. The van der Waals surface area contributed by atoms with Gasteiger partial charge in [0.25, 0.3) is 0 Å². The number of benzene rings is 5. The highest BCUT2D eigenvalue weighted by molar-refractivity contribution is 7.99. The van der Waals surface area contributed by atoms with Gasteiger partial charge >= 0.3 is 0 Å². The molecule has 6 N–H and O–H groups in total. The zero-order valence-corrected chi connectivity index (χ0v) is 32.9. The smallest absolute Gasteiger partial charge is 0.224 e. The summed E-state index contributed by atoms with van der Waals surface area (Å²) in [4.78, 5) is 37.5. The van der Waals surface area contributed by atoms with Crippen molar-refractivity contribution in [3.8, 4) is 11.1 Å². The molecule has 0 saturated carbocycles. The molecule has 57 heavy (non-hydrogen) atoms. The Balaban J connectivity index is 1.04. The number of para-hydroxylation sites is 2. The Labute approximate surface area is 338 Å². The van der Waals surface area contributed by atoms with E-state index in [1.165, 1.54) is 6.92 Å². The first kappa shape index (κ1) is 41.2. The number of thioether (sulfide) groups is 1. The third-order valence-electron chi connectivity index (χ3n) is 9.68. The Hall–Kier alpha value is -5.46. The van der Waals surface area contributed by atoms with Gasteiger partial charge in [0.05, 0.1) is 30.2 Å². The number of anilines is 3. The molecule has 1 heterocycles. The first-order valence-electron chi connectivity index (χ1n) is 19.3. The monoisotopic (exact) mass is 786 g/mol. The molecule has 1 saturated heterocycles. The summed E-state index contributed by atoms with van der Waals surface area (Å²) in [7, 11) is 0. The van der Waals surface area contributed by atoms with Crippen LogP contribution in [0.3, 0.4) is 0 Å². The van der Waals surface area contributed by atoms with Crippen molar-refractivity contribution in [3.05, 3.63) is 144 Å². The van der Waals surface area contributed by atoms with Gasteiger partial charge in [-0.3, -0.25) is 14.4 Å². The highest BCUT2D eigenvalue weighted by Crippen LogP contribution is 2.40. The normalized spacial score (nSPS) is 16.4. The number of amides is 3. The van der Waals surface area contributed by atoms with Gasteiger partial charge in [-0.25, -0.2) is 0 Å². The molecule has 3 atom stereocenters. The van der Waals surface area contributed by atoms with Crippen LogP contribution >= 0.6 is 11.8 Å². The predicted molar refractivity (Wildman–Crippen MR) is 226 cm³/mol. The quantitative estimate of drug-likeness (QED) is 0.0356. The lowest BCUT2D eigenvalue weighted by molar-refractivity contribution is -0.245. The number of nitrogen functional groups attached to an aromatic ring is 1. The molecular formula is C46H50N4O6S. The summed E-state index contributed by atoms with van der Waals surface area (Å²) in [5.74, 6) is 0.496. The molecule has 5 aromatic carbocycles. The number of rotatable bonds is 17. The van der Waals surface area contributed by atoms with Crippen molar-refractivity contribution in [2.24, 2.45) is 0 Å². The summed E-state index contributed by atoms with van der Waals surface area (Å²) >= 11 is 1.70. The molecule has 296 valence electrons. The minimum Gasteiger partial charge on any atom is -0.397 e. The molecule has 0 aromatic heterocycles. The molecule has 5 aromatic rings.